The molecule has 0 aromatic carbocycles. The minimum atomic E-state index is 0.746. The molecule has 1 atom stereocenters. The van der Waals surface area contributed by atoms with Crippen molar-refractivity contribution < 1.29 is 4.74 Å². The van der Waals surface area contributed by atoms with Crippen molar-refractivity contribution in [2.75, 3.05) is 25.1 Å². The molecule has 1 aromatic rings. The van der Waals surface area contributed by atoms with Gasteiger partial charge in [-0.15, -0.1) is 0 Å². The smallest absolute Gasteiger partial charge is 0.123 e. The summed E-state index contributed by atoms with van der Waals surface area (Å²) in [6, 6.07) is 1.99. The van der Waals surface area contributed by atoms with Crippen molar-refractivity contribution in [3.05, 3.63) is 12.3 Å². The quantitative estimate of drug-likeness (QED) is 0.786. The molecular formula is C10H17N3O. The molecule has 14 heavy (non-hydrogen) atoms. The second-order valence-corrected chi connectivity index (χ2v) is 3.79. The first kappa shape index (κ1) is 9.52. The molecule has 2 rings (SSSR count). The van der Waals surface area contributed by atoms with Gasteiger partial charge in [0.1, 0.15) is 5.82 Å². The predicted octanol–water partition coefficient (Wildman–Crippen LogP) is 1.26. The first-order chi connectivity index (χ1) is 6.86. The van der Waals surface area contributed by atoms with Crippen LogP contribution >= 0.6 is 0 Å². The van der Waals surface area contributed by atoms with Gasteiger partial charge in [-0.05, 0) is 18.8 Å². The SMILES string of the molecule is Cn1nccc1NCCC1CCOC1. The van der Waals surface area contributed by atoms with Crippen molar-refractivity contribution >= 4 is 5.82 Å². The van der Waals surface area contributed by atoms with Gasteiger partial charge in [0.05, 0.1) is 6.20 Å². The van der Waals surface area contributed by atoms with Gasteiger partial charge in [0, 0.05) is 32.9 Å². The third kappa shape index (κ3) is 2.26. The first-order valence-corrected chi connectivity index (χ1v) is 5.16. The molecule has 1 fully saturated rings. The summed E-state index contributed by atoms with van der Waals surface area (Å²) in [4.78, 5) is 0. The van der Waals surface area contributed by atoms with E-state index in [0.29, 0.717) is 0 Å². The number of ether oxygens (including phenoxy) is 1. The highest BCUT2D eigenvalue weighted by molar-refractivity contribution is 5.33. The normalized spacial score (nSPS) is 21.4. The Morgan fingerprint density at radius 2 is 2.64 bits per heavy atom. The van der Waals surface area contributed by atoms with Gasteiger partial charge in [-0.25, -0.2) is 0 Å². The van der Waals surface area contributed by atoms with Crippen LogP contribution in [-0.2, 0) is 11.8 Å². The van der Waals surface area contributed by atoms with E-state index in [0.717, 1.165) is 31.5 Å². The fraction of sp³-hybridized carbons (Fsp3) is 0.700. The molecule has 0 saturated carbocycles. The van der Waals surface area contributed by atoms with Crippen LogP contribution in [0.1, 0.15) is 12.8 Å². The molecule has 0 aliphatic carbocycles. The number of anilines is 1. The van der Waals surface area contributed by atoms with Crippen LogP contribution in [0.5, 0.6) is 0 Å². The molecule has 1 unspecified atom stereocenters. The van der Waals surface area contributed by atoms with E-state index in [1.165, 1.54) is 12.8 Å². The highest BCUT2D eigenvalue weighted by Gasteiger charge is 2.14. The molecular weight excluding hydrogens is 178 g/mol. The molecule has 2 heterocycles. The Kier molecular flexibility index (Phi) is 3.03. The molecule has 4 nitrogen and oxygen atoms in total. The lowest BCUT2D eigenvalue weighted by Crippen LogP contribution is -2.11. The van der Waals surface area contributed by atoms with E-state index in [1.807, 2.05) is 17.8 Å². The first-order valence-electron chi connectivity index (χ1n) is 5.16. The van der Waals surface area contributed by atoms with Crippen LogP contribution in [0.25, 0.3) is 0 Å². The molecule has 1 aromatic heterocycles. The topological polar surface area (TPSA) is 39.1 Å². The Balaban J connectivity index is 1.70. The van der Waals surface area contributed by atoms with Gasteiger partial charge < -0.3 is 10.1 Å². The van der Waals surface area contributed by atoms with Crippen molar-refractivity contribution in [1.29, 1.82) is 0 Å². The van der Waals surface area contributed by atoms with E-state index >= 15 is 0 Å². The average molecular weight is 195 g/mol. The summed E-state index contributed by atoms with van der Waals surface area (Å²) in [6.45, 7) is 2.89. The standard InChI is InChI=1S/C10H17N3O/c1-13-10(3-6-12-13)11-5-2-9-4-7-14-8-9/h3,6,9,11H,2,4-5,7-8H2,1H3. The number of rotatable bonds is 4. The molecule has 1 aliphatic rings. The largest absolute Gasteiger partial charge is 0.381 e. The Bertz CT molecular complexity index is 279. The number of aromatic nitrogens is 2. The van der Waals surface area contributed by atoms with E-state index in [2.05, 4.69) is 10.4 Å². The monoisotopic (exact) mass is 195 g/mol. The molecule has 1 N–H and O–H groups in total. The summed E-state index contributed by atoms with van der Waals surface area (Å²) in [7, 11) is 1.95. The van der Waals surface area contributed by atoms with Crippen molar-refractivity contribution in [2.24, 2.45) is 13.0 Å². The van der Waals surface area contributed by atoms with Crippen LogP contribution in [-0.4, -0.2) is 29.5 Å². The highest BCUT2D eigenvalue weighted by atomic mass is 16.5. The molecule has 0 amide bonds. The van der Waals surface area contributed by atoms with Gasteiger partial charge in [-0.1, -0.05) is 0 Å². The Hall–Kier alpha value is -1.03. The molecule has 1 aliphatic heterocycles. The predicted molar refractivity (Wildman–Crippen MR) is 55.2 cm³/mol. The van der Waals surface area contributed by atoms with Crippen LogP contribution in [0.3, 0.4) is 0 Å². The van der Waals surface area contributed by atoms with Crippen molar-refractivity contribution in [3.8, 4) is 0 Å². The van der Waals surface area contributed by atoms with Crippen LogP contribution < -0.4 is 5.32 Å². The summed E-state index contributed by atoms with van der Waals surface area (Å²) in [6.07, 6.45) is 4.21. The lowest BCUT2D eigenvalue weighted by Gasteiger charge is -2.09. The molecule has 0 bridgehead atoms. The van der Waals surface area contributed by atoms with Crippen LogP contribution in [0, 0.1) is 5.92 Å². The molecule has 4 heteroatoms. The number of nitrogens with zero attached hydrogens (tertiary/aromatic N) is 2. The maximum Gasteiger partial charge on any atom is 0.123 e. The zero-order valence-electron chi connectivity index (χ0n) is 8.57. The van der Waals surface area contributed by atoms with Gasteiger partial charge in [0.2, 0.25) is 0 Å². The third-order valence-electron chi connectivity index (χ3n) is 2.70. The van der Waals surface area contributed by atoms with Gasteiger partial charge in [0.15, 0.2) is 0 Å². The third-order valence-corrected chi connectivity index (χ3v) is 2.70. The second-order valence-electron chi connectivity index (χ2n) is 3.79. The van der Waals surface area contributed by atoms with E-state index in [9.17, 15) is 0 Å². The van der Waals surface area contributed by atoms with E-state index in [1.54, 1.807) is 6.20 Å². The fourth-order valence-corrected chi connectivity index (χ4v) is 1.76. The minimum Gasteiger partial charge on any atom is -0.381 e. The maximum atomic E-state index is 5.32. The van der Waals surface area contributed by atoms with Crippen molar-refractivity contribution in [1.82, 2.24) is 9.78 Å². The number of hydrogen-bond donors (Lipinski definition) is 1. The summed E-state index contributed by atoms with van der Waals surface area (Å²) in [5.74, 6) is 1.83. The second kappa shape index (κ2) is 4.46. The summed E-state index contributed by atoms with van der Waals surface area (Å²) in [5.41, 5.74) is 0. The summed E-state index contributed by atoms with van der Waals surface area (Å²) >= 11 is 0. The maximum absolute atomic E-state index is 5.32. The zero-order valence-corrected chi connectivity index (χ0v) is 8.57. The van der Waals surface area contributed by atoms with Crippen molar-refractivity contribution in [2.45, 2.75) is 12.8 Å². The Morgan fingerprint density at radius 1 is 1.71 bits per heavy atom. The Labute approximate surface area is 84.3 Å². The van der Waals surface area contributed by atoms with E-state index in [4.69, 9.17) is 4.74 Å². The average Bonchev–Trinajstić information content (AvgIpc) is 2.78. The Morgan fingerprint density at radius 3 is 3.29 bits per heavy atom. The highest BCUT2D eigenvalue weighted by Crippen LogP contribution is 2.16. The molecule has 0 spiro atoms. The van der Waals surface area contributed by atoms with Crippen LogP contribution in [0.2, 0.25) is 0 Å². The van der Waals surface area contributed by atoms with E-state index < -0.39 is 0 Å². The van der Waals surface area contributed by atoms with Crippen LogP contribution in [0.4, 0.5) is 5.82 Å². The van der Waals surface area contributed by atoms with Gasteiger partial charge in [0.25, 0.3) is 0 Å². The van der Waals surface area contributed by atoms with Crippen LogP contribution in [0.15, 0.2) is 12.3 Å². The lowest BCUT2D eigenvalue weighted by atomic mass is 10.1. The fourth-order valence-electron chi connectivity index (χ4n) is 1.76. The summed E-state index contributed by atoms with van der Waals surface area (Å²) in [5, 5.41) is 7.46. The van der Waals surface area contributed by atoms with Gasteiger partial charge >= 0.3 is 0 Å². The van der Waals surface area contributed by atoms with Crippen molar-refractivity contribution in [3.63, 3.8) is 0 Å². The number of nitrogens with one attached hydrogen (secondary N) is 1. The zero-order chi connectivity index (χ0) is 9.80. The molecule has 1 saturated heterocycles. The van der Waals surface area contributed by atoms with Gasteiger partial charge in [-0.2, -0.15) is 5.10 Å². The number of hydrogen-bond acceptors (Lipinski definition) is 3. The minimum absolute atomic E-state index is 0.746. The molecule has 78 valence electrons. The number of aryl methyl sites for hydroxylation is 1. The lowest BCUT2D eigenvalue weighted by molar-refractivity contribution is 0.185. The molecule has 0 radical (unpaired) electrons. The van der Waals surface area contributed by atoms with Gasteiger partial charge in [-0.3, -0.25) is 4.68 Å². The van der Waals surface area contributed by atoms with E-state index in [-0.39, 0.29) is 0 Å². The summed E-state index contributed by atoms with van der Waals surface area (Å²) < 4.78 is 7.18.